The summed E-state index contributed by atoms with van der Waals surface area (Å²) in [7, 11) is 2.26. The number of rotatable bonds is 5. The molecule has 124 valence electrons. The highest BCUT2D eigenvalue weighted by Gasteiger charge is 2.39. The van der Waals surface area contributed by atoms with Crippen LogP contribution in [0.5, 0.6) is 0 Å². The third-order valence-corrected chi connectivity index (χ3v) is 5.32. The maximum absolute atomic E-state index is 13.1. The molecule has 0 saturated carbocycles. The van der Waals surface area contributed by atoms with Gasteiger partial charge in [-0.2, -0.15) is 0 Å². The van der Waals surface area contributed by atoms with Gasteiger partial charge in [-0.25, -0.2) is 4.39 Å². The van der Waals surface area contributed by atoms with Gasteiger partial charge in [-0.15, -0.1) is 0 Å². The lowest BCUT2D eigenvalue weighted by Gasteiger charge is -2.33. The molecular formula is C19H26FN2O+. The Bertz CT molecular complexity index is 596. The molecular weight excluding hydrogens is 291 g/mol. The highest BCUT2D eigenvalue weighted by Crippen LogP contribution is 2.26. The summed E-state index contributed by atoms with van der Waals surface area (Å²) >= 11 is 0. The summed E-state index contributed by atoms with van der Waals surface area (Å²) in [6, 6.07) is 7.07. The molecule has 0 aromatic heterocycles. The van der Waals surface area contributed by atoms with Crippen molar-refractivity contribution in [3.8, 4) is 0 Å². The van der Waals surface area contributed by atoms with E-state index in [4.69, 9.17) is 0 Å². The van der Waals surface area contributed by atoms with Crippen LogP contribution in [0, 0.1) is 5.82 Å². The first-order valence-electron chi connectivity index (χ1n) is 8.71. The molecule has 23 heavy (non-hydrogen) atoms. The van der Waals surface area contributed by atoms with E-state index in [2.05, 4.69) is 20.0 Å². The number of quaternary nitrogens is 1. The number of hydrogen-bond donors (Lipinski definition) is 1. The van der Waals surface area contributed by atoms with E-state index in [1.165, 1.54) is 30.7 Å². The molecule has 1 aromatic rings. The molecule has 3 nitrogen and oxygen atoms in total. The molecule has 3 atom stereocenters. The van der Waals surface area contributed by atoms with Crippen LogP contribution in [0.25, 0.3) is 0 Å². The third kappa shape index (κ3) is 3.32. The van der Waals surface area contributed by atoms with Crippen molar-refractivity contribution >= 4 is 5.91 Å². The van der Waals surface area contributed by atoms with Crippen molar-refractivity contribution in [3.63, 3.8) is 0 Å². The van der Waals surface area contributed by atoms with Gasteiger partial charge in [-0.3, -0.25) is 4.79 Å². The molecule has 4 heteroatoms. The number of unbranched alkanes of at least 4 members (excludes halogenated alkanes) is 1. The van der Waals surface area contributed by atoms with Crippen LogP contribution in [-0.4, -0.2) is 36.5 Å². The molecule has 2 aliphatic rings. The molecule has 0 radical (unpaired) electrons. The third-order valence-electron chi connectivity index (χ3n) is 5.32. The van der Waals surface area contributed by atoms with E-state index in [-0.39, 0.29) is 11.7 Å². The second-order valence-corrected chi connectivity index (χ2v) is 6.80. The molecule has 1 amide bonds. The zero-order valence-corrected chi connectivity index (χ0v) is 14.0. The lowest BCUT2D eigenvalue weighted by molar-refractivity contribution is -0.912. The first-order chi connectivity index (χ1) is 11.1. The number of halogens is 1. The fraction of sp³-hybridized carbons (Fsp3) is 0.526. The lowest BCUT2D eigenvalue weighted by Crippen LogP contribution is -3.14. The van der Waals surface area contributed by atoms with Gasteiger partial charge in [0.05, 0.1) is 13.1 Å². The Kier molecular flexibility index (Phi) is 4.81. The van der Waals surface area contributed by atoms with Gasteiger partial charge in [0.15, 0.2) is 0 Å². The lowest BCUT2D eigenvalue weighted by atomic mass is 10.0. The van der Waals surface area contributed by atoms with Crippen molar-refractivity contribution in [3.05, 3.63) is 47.4 Å². The summed E-state index contributed by atoms with van der Waals surface area (Å²) in [5.74, 6) is -0.300. The summed E-state index contributed by atoms with van der Waals surface area (Å²) < 4.78 is 13.1. The molecule has 1 aromatic carbocycles. The average molecular weight is 317 g/mol. The number of carbonyl (C=O) groups is 1. The van der Waals surface area contributed by atoms with E-state index in [1.54, 1.807) is 17.0 Å². The van der Waals surface area contributed by atoms with Gasteiger partial charge in [-0.1, -0.05) is 13.3 Å². The van der Waals surface area contributed by atoms with Crippen molar-refractivity contribution in [2.24, 2.45) is 0 Å². The zero-order chi connectivity index (χ0) is 16.4. The number of amides is 1. The molecule has 1 saturated heterocycles. The minimum absolute atomic E-state index is 0.00338. The van der Waals surface area contributed by atoms with Gasteiger partial charge in [0.1, 0.15) is 11.9 Å². The van der Waals surface area contributed by atoms with Gasteiger partial charge in [0.25, 0.3) is 5.91 Å². The van der Waals surface area contributed by atoms with Crippen LogP contribution in [0.3, 0.4) is 0 Å². The second kappa shape index (κ2) is 6.83. The van der Waals surface area contributed by atoms with Crippen LogP contribution in [0.15, 0.2) is 36.0 Å². The van der Waals surface area contributed by atoms with Crippen LogP contribution in [0.4, 0.5) is 4.39 Å². The van der Waals surface area contributed by atoms with Crippen LogP contribution in [-0.2, 0) is 0 Å². The molecule has 2 heterocycles. The molecule has 2 aliphatic heterocycles. The van der Waals surface area contributed by atoms with E-state index in [9.17, 15) is 9.18 Å². The SMILES string of the molecule is CCCCN(C(=O)c1ccc(F)cc1)C1=CC2CCC(C1)[NH+]2C. The van der Waals surface area contributed by atoms with E-state index in [1.807, 2.05) is 4.90 Å². The van der Waals surface area contributed by atoms with Gasteiger partial charge in [0, 0.05) is 37.1 Å². The van der Waals surface area contributed by atoms with Crippen LogP contribution in [0.1, 0.15) is 49.4 Å². The normalized spacial score (nSPS) is 26.0. The zero-order valence-electron chi connectivity index (χ0n) is 14.0. The predicted octanol–water partition coefficient (Wildman–Crippen LogP) is 2.40. The first-order valence-corrected chi connectivity index (χ1v) is 8.71. The second-order valence-electron chi connectivity index (χ2n) is 6.80. The van der Waals surface area contributed by atoms with Crippen molar-refractivity contribution in [1.82, 2.24) is 4.90 Å². The monoisotopic (exact) mass is 317 g/mol. The summed E-state index contributed by atoms with van der Waals surface area (Å²) in [6.07, 6.45) is 7.77. The van der Waals surface area contributed by atoms with Gasteiger partial charge >= 0.3 is 0 Å². The smallest absolute Gasteiger partial charge is 0.258 e. The predicted molar refractivity (Wildman–Crippen MR) is 88.7 cm³/mol. The van der Waals surface area contributed by atoms with Crippen LogP contribution < -0.4 is 4.90 Å². The number of hydrogen-bond acceptors (Lipinski definition) is 1. The number of carbonyl (C=O) groups excluding carboxylic acids is 1. The highest BCUT2D eigenvalue weighted by molar-refractivity contribution is 5.95. The Labute approximate surface area is 137 Å². The van der Waals surface area contributed by atoms with E-state index >= 15 is 0 Å². The quantitative estimate of drug-likeness (QED) is 0.886. The maximum Gasteiger partial charge on any atom is 0.258 e. The topological polar surface area (TPSA) is 24.8 Å². The summed E-state index contributed by atoms with van der Waals surface area (Å²) in [4.78, 5) is 16.5. The van der Waals surface area contributed by atoms with Crippen LogP contribution in [0.2, 0.25) is 0 Å². The number of fused-ring (bicyclic) bond motifs is 2. The van der Waals surface area contributed by atoms with Crippen molar-refractivity contribution in [2.45, 2.75) is 51.1 Å². The molecule has 1 N–H and O–H groups in total. The fourth-order valence-corrected chi connectivity index (χ4v) is 3.81. The van der Waals surface area contributed by atoms with Gasteiger partial charge < -0.3 is 9.80 Å². The maximum atomic E-state index is 13.1. The summed E-state index contributed by atoms with van der Waals surface area (Å²) in [5, 5.41) is 0. The number of nitrogens with zero attached hydrogens (tertiary/aromatic N) is 1. The summed E-state index contributed by atoms with van der Waals surface area (Å²) in [6.45, 7) is 2.88. The molecule has 2 bridgehead atoms. The summed E-state index contributed by atoms with van der Waals surface area (Å²) in [5.41, 5.74) is 1.74. The number of likely N-dealkylation sites (N-methyl/N-ethyl adjacent to an activating group) is 1. The minimum atomic E-state index is -0.304. The van der Waals surface area contributed by atoms with Gasteiger partial charge in [-0.05, 0) is 36.8 Å². The fourth-order valence-electron chi connectivity index (χ4n) is 3.81. The molecule has 0 aliphatic carbocycles. The molecule has 1 fully saturated rings. The van der Waals surface area contributed by atoms with Crippen molar-refractivity contribution in [1.29, 1.82) is 0 Å². The van der Waals surface area contributed by atoms with Crippen LogP contribution >= 0.6 is 0 Å². The van der Waals surface area contributed by atoms with E-state index in [0.29, 0.717) is 17.6 Å². The number of benzene rings is 1. The first kappa shape index (κ1) is 16.2. The average Bonchev–Trinajstić information content (AvgIpc) is 2.76. The highest BCUT2D eigenvalue weighted by atomic mass is 19.1. The Morgan fingerprint density at radius 1 is 1.30 bits per heavy atom. The molecule has 3 unspecified atom stereocenters. The van der Waals surface area contributed by atoms with E-state index in [0.717, 1.165) is 25.8 Å². The molecule has 3 rings (SSSR count). The Hall–Kier alpha value is -1.68. The van der Waals surface area contributed by atoms with Gasteiger partial charge in [0.2, 0.25) is 0 Å². The van der Waals surface area contributed by atoms with Crippen molar-refractivity contribution in [2.75, 3.05) is 13.6 Å². The molecule has 0 spiro atoms. The Balaban J connectivity index is 1.84. The van der Waals surface area contributed by atoms with E-state index < -0.39 is 0 Å². The van der Waals surface area contributed by atoms with Crippen molar-refractivity contribution < 1.29 is 14.1 Å². The number of nitrogens with one attached hydrogen (secondary N) is 1. The minimum Gasteiger partial charge on any atom is -0.329 e. The standard InChI is InChI=1S/C19H25FN2O/c1-3-4-11-22(19(23)14-5-7-15(20)8-6-14)18-12-16-9-10-17(13-18)21(16)2/h5-8,12,16-17H,3-4,9-11,13H2,1-2H3/p+1. The Morgan fingerprint density at radius 3 is 2.70 bits per heavy atom. The Morgan fingerprint density at radius 2 is 2.04 bits per heavy atom. The largest absolute Gasteiger partial charge is 0.329 e.